The van der Waals surface area contributed by atoms with Gasteiger partial charge in [0.05, 0.1) is 24.3 Å². The van der Waals surface area contributed by atoms with Gasteiger partial charge in [0.1, 0.15) is 0 Å². The molecule has 0 saturated carbocycles. The van der Waals surface area contributed by atoms with Crippen molar-refractivity contribution in [1.82, 2.24) is 25.1 Å². The zero-order valence-corrected chi connectivity index (χ0v) is 17.0. The fraction of sp³-hybridized carbons (Fsp3) is 0.526. The van der Waals surface area contributed by atoms with E-state index >= 15 is 0 Å². The van der Waals surface area contributed by atoms with E-state index in [0.717, 1.165) is 5.56 Å². The smallest absolute Gasteiger partial charge is 0.309 e. The number of tetrazole rings is 1. The molecule has 1 fully saturated rings. The van der Waals surface area contributed by atoms with Gasteiger partial charge in [-0.1, -0.05) is 42.1 Å². The number of nitrogens with zero attached hydrogens (tertiary/aromatic N) is 5. The lowest BCUT2D eigenvalue weighted by Gasteiger charge is -2.32. The summed E-state index contributed by atoms with van der Waals surface area (Å²) < 4.78 is 6.79. The lowest BCUT2D eigenvalue weighted by Crippen LogP contribution is -2.43. The Morgan fingerprint density at radius 2 is 1.96 bits per heavy atom. The molecule has 1 aromatic carbocycles. The Morgan fingerprint density at radius 3 is 2.64 bits per heavy atom. The van der Waals surface area contributed by atoms with Crippen LogP contribution in [0.5, 0.6) is 0 Å². The summed E-state index contributed by atoms with van der Waals surface area (Å²) in [5.41, 5.74) is 1.09. The van der Waals surface area contributed by atoms with Crippen molar-refractivity contribution in [1.29, 1.82) is 0 Å². The summed E-state index contributed by atoms with van der Waals surface area (Å²) in [6.07, 6.45) is 1.29. The van der Waals surface area contributed by atoms with Crippen LogP contribution in [-0.2, 0) is 20.9 Å². The van der Waals surface area contributed by atoms with Crippen molar-refractivity contribution in [3.8, 4) is 0 Å². The van der Waals surface area contributed by atoms with E-state index in [2.05, 4.69) is 15.5 Å². The van der Waals surface area contributed by atoms with E-state index in [9.17, 15) is 9.59 Å². The van der Waals surface area contributed by atoms with Crippen LogP contribution in [0.15, 0.2) is 35.5 Å². The minimum Gasteiger partial charge on any atom is -0.466 e. The first-order valence-electron chi connectivity index (χ1n) is 9.50. The van der Waals surface area contributed by atoms with Crippen LogP contribution in [0.4, 0.5) is 0 Å². The summed E-state index contributed by atoms with van der Waals surface area (Å²) >= 11 is 1.36. The third-order valence-corrected chi connectivity index (χ3v) is 5.79. The molecule has 2 heterocycles. The van der Waals surface area contributed by atoms with Gasteiger partial charge in [0.15, 0.2) is 0 Å². The van der Waals surface area contributed by atoms with Crippen LogP contribution in [0.3, 0.4) is 0 Å². The molecule has 1 aromatic heterocycles. The molecule has 1 aliphatic rings. The minimum absolute atomic E-state index is 0.0431. The third-order valence-electron chi connectivity index (χ3n) is 4.73. The molecule has 1 atom stereocenters. The molecule has 9 heteroatoms. The molecule has 1 aliphatic heterocycles. The van der Waals surface area contributed by atoms with Crippen LogP contribution >= 0.6 is 11.8 Å². The molecule has 3 rings (SSSR count). The zero-order valence-electron chi connectivity index (χ0n) is 16.2. The molecule has 2 aromatic rings. The van der Waals surface area contributed by atoms with Gasteiger partial charge in [0, 0.05) is 13.1 Å². The highest BCUT2D eigenvalue weighted by molar-refractivity contribution is 8.00. The van der Waals surface area contributed by atoms with Crippen LogP contribution in [0.2, 0.25) is 0 Å². The highest BCUT2D eigenvalue weighted by Gasteiger charge is 2.31. The fourth-order valence-corrected chi connectivity index (χ4v) is 4.07. The second kappa shape index (κ2) is 9.68. The molecule has 1 amide bonds. The van der Waals surface area contributed by atoms with Crippen LogP contribution < -0.4 is 0 Å². The molecule has 150 valence electrons. The Kier molecular flexibility index (Phi) is 7.02. The van der Waals surface area contributed by atoms with Gasteiger partial charge in [-0.3, -0.25) is 9.59 Å². The van der Waals surface area contributed by atoms with Crippen LogP contribution in [0.25, 0.3) is 0 Å². The summed E-state index contributed by atoms with van der Waals surface area (Å²) in [4.78, 5) is 26.5. The van der Waals surface area contributed by atoms with E-state index in [-0.39, 0.29) is 23.0 Å². The van der Waals surface area contributed by atoms with Crippen molar-refractivity contribution < 1.29 is 14.3 Å². The van der Waals surface area contributed by atoms with Crippen molar-refractivity contribution in [3.05, 3.63) is 35.9 Å². The number of hydrogen-bond acceptors (Lipinski definition) is 7. The number of likely N-dealkylation sites (tertiary alicyclic amines) is 1. The van der Waals surface area contributed by atoms with Gasteiger partial charge >= 0.3 is 5.97 Å². The lowest BCUT2D eigenvalue weighted by atomic mass is 9.97. The van der Waals surface area contributed by atoms with Crippen molar-refractivity contribution in [2.24, 2.45) is 5.92 Å². The number of amides is 1. The Morgan fingerprint density at radius 1 is 1.25 bits per heavy atom. The number of aromatic nitrogens is 4. The first-order chi connectivity index (χ1) is 13.6. The van der Waals surface area contributed by atoms with E-state index in [1.165, 1.54) is 11.8 Å². The Labute approximate surface area is 168 Å². The van der Waals surface area contributed by atoms with E-state index in [1.54, 1.807) is 11.6 Å². The molecule has 0 radical (unpaired) electrons. The van der Waals surface area contributed by atoms with Crippen molar-refractivity contribution in [2.45, 2.75) is 43.6 Å². The standard InChI is InChI=1S/C19H25N5O3S/c1-3-27-18(26)16-9-11-23(12-10-16)17(25)14(2)28-19-20-21-22-24(19)13-15-7-5-4-6-8-15/h4-8,14,16H,3,9-13H2,1-2H3/t14-/m0/s1. The number of hydrogen-bond donors (Lipinski definition) is 0. The number of thioether (sulfide) groups is 1. The maximum Gasteiger partial charge on any atom is 0.309 e. The maximum atomic E-state index is 12.8. The average molecular weight is 404 g/mol. The SMILES string of the molecule is CCOC(=O)C1CCN(C(=O)[C@H](C)Sc2nnnn2Cc2ccccc2)CC1. The predicted octanol–water partition coefficient (Wildman–Crippen LogP) is 2.00. The lowest BCUT2D eigenvalue weighted by molar-refractivity contribution is -0.151. The van der Waals surface area contributed by atoms with Gasteiger partial charge < -0.3 is 9.64 Å². The van der Waals surface area contributed by atoms with Gasteiger partial charge in [0.25, 0.3) is 0 Å². The number of carbonyl (C=O) groups excluding carboxylic acids is 2. The topological polar surface area (TPSA) is 90.2 Å². The second-order valence-corrected chi connectivity index (χ2v) is 8.02. The summed E-state index contributed by atoms with van der Waals surface area (Å²) in [5.74, 6) is -0.219. The van der Waals surface area contributed by atoms with E-state index in [0.29, 0.717) is 44.2 Å². The van der Waals surface area contributed by atoms with Gasteiger partial charge in [-0.05, 0) is 42.7 Å². The first kappa shape index (κ1) is 20.3. The monoisotopic (exact) mass is 403 g/mol. The van der Waals surface area contributed by atoms with Gasteiger partial charge in [0.2, 0.25) is 11.1 Å². The molecule has 28 heavy (non-hydrogen) atoms. The summed E-state index contributed by atoms with van der Waals surface area (Å²) in [6.45, 7) is 5.77. The molecule has 0 bridgehead atoms. The zero-order chi connectivity index (χ0) is 19.9. The molecular weight excluding hydrogens is 378 g/mol. The molecule has 0 N–H and O–H groups in total. The average Bonchev–Trinajstić information content (AvgIpc) is 3.15. The highest BCUT2D eigenvalue weighted by Crippen LogP contribution is 2.25. The van der Waals surface area contributed by atoms with Crippen molar-refractivity contribution in [2.75, 3.05) is 19.7 Å². The molecule has 0 aliphatic carbocycles. The summed E-state index contributed by atoms with van der Waals surface area (Å²) in [5, 5.41) is 12.2. The Bertz CT molecular complexity index is 790. The summed E-state index contributed by atoms with van der Waals surface area (Å²) in [7, 11) is 0. The van der Waals surface area contributed by atoms with Gasteiger partial charge in [-0.2, -0.15) is 0 Å². The minimum atomic E-state index is -0.306. The van der Waals surface area contributed by atoms with Gasteiger partial charge in [-0.25, -0.2) is 4.68 Å². The molecule has 8 nitrogen and oxygen atoms in total. The number of piperidine rings is 1. The number of benzene rings is 1. The maximum absolute atomic E-state index is 12.8. The van der Waals surface area contributed by atoms with Crippen LogP contribution in [0.1, 0.15) is 32.3 Å². The highest BCUT2D eigenvalue weighted by atomic mass is 32.2. The molecule has 1 saturated heterocycles. The van der Waals surface area contributed by atoms with E-state index in [4.69, 9.17) is 4.74 Å². The number of rotatable bonds is 7. The number of esters is 1. The number of ether oxygens (including phenoxy) is 1. The van der Waals surface area contributed by atoms with Crippen molar-refractivity contribution in [3.63, 3.8) is 0 Å². The predicted molar refractivity (Wildman–Crippen MR) is 105 cm³/mol. The second-order valence-electron chi connectivity index (χ2n) is 6.72. The van der Waals surface area contributed by atoms with E-state index < -0.39 is 0 Å². The molecular formula is C19H25N5O3S. The normalized spacial score (nSPS) is 16.0. The largest absolute Gasteiger partial charge is 0.466 e. The molecule has 0 unspecified atom stereocenters. The fourth-order valence-electron chi connectivity index (χ4n) is 3.20. The van der Waals surface area contributed by atoms with Crippen LogP contribution in [0, 0.1) is 5.92 Å². The number of carbonyl (C=O) groups is 2. The van der Waals surface area contributed by atoms with Gasteiger partial charge in [-0.15, -0.1) is 5.10 Å². The first-order valence-corrected chi connectivity index (χ1v) is 10.4. The molecule has 0 spiro atoms. The summed E-state index contributed by atoms with van der Waals surface area (Å²) in [6, 6.07) is 9.93. The van der Waals surface area contributed by atoms with Crippen LogP contribution in [-0.4, -0.2) is 61.9 Å². The Balaban J connectivity index is 1.54. The van der Waals surface area contributed by atoms with E-state index in [1.807, 2.05) is 42.2 Å². The van der Waals surface area contributed by atoms with Crippen molar-refractivity contribution >= 4 is 23.6 Å². The Hall–Kier alpha value is -2.42. The quantitative estimate of drug-likeness (QED) is 0.516. The third kappa shape index (κ3) is 5.09.